The highest BCUT2D eigenvalue weighted by Gasteiger charge is 2.44. The quantitative estimate of drug-likeness (QED) is 0.241. The van der Waals surface area contributed by atoms with Gasteiger partial charge in [-0.05, 0) is 88.1 Å². The molecule has 3 aliphatic heterocycles. The van der Waals surface area contributed by atoms with Gasteiger partial charge in [0.15, 0.2) is 24.1 Å². The molecule has 8 atom stereocenters. The first-order valence-corrected chi connectivity index (χ1v) is 19.7. The summed E-state index contributed by atoms with van der Waals surface area (Å²) in [5, 5.41) is 30.3. The van der Waals surface area contributed by atoms with Crippen LogP contribution in [0, 0.1) is 0 Å². The van der Waals surface area contributed by atoms with Gasteiger partial charge in [-0.3, -0.25) is 9.59 Å². The van der Waals surface area contributed by atoms with E-state index in [1.54, 1.807) is 52.0 Å². The van der Waals surface area contributed by atoms with Gasteiger partial charge in [0.1, 0.15) is 70.7 Å². The minimum absolute atomic E-state index is 0. The van der Waals surface area contributed by atoms with Crippen LogP contribution in [0.15, 0.2) is 60.7 Å². The van der Waals surface area contributed by atoms with Gasteiger partial charge < -0.3 is 62.7 Å². The summed E-state index contributed by atoms with van der Waals surface area (Å²) in [4.78, 5) is 50.8. The lowest BCUT2D eigenvalue weighted by Gasteiger charge is -2.22. The number of rotatable bonds is 7. The first kappa shape index (κ1) is 51.9. The topological polar surface area (TPSA) is 221 Å². The number of aromatic hydroxyl groups is 1. The van der Waals surface area contributed by atoms with Gasteiger partial charge in [0, 0.05) is 33.5 Å². The zero-order valence-corrected chi connectivity index (χ0v) is 36.2. The summed E-state index contributed by atoms with van der Waals surface area (Å²) in [6.07, 6.45) is 5.01. The molecular weight excluding hydrogens is 824 g/mol. The predicted molar refractivity (Wildman–Crippen MR) is 230 cm³/mol. The van der Waals surface area contributed by atoms with Crippen LogP contribution >= 0.6 is 0 Å². The number of aliphatic hydroxyl groups is 2. The normalized spacial score (nSPS) is 27.2. The summed E-state index contributed by atoms with van der Waals surface area (Å²) < 4.78 is 54.8. The molecule has 0 aliphatic carbocycles. The number of hydrogen-bond donors (Lipinski definition) is 3. The second kappa shape index (κ2) is 23.9. The van der Waals surface area contributed by atoms with Crippen LogP contribution in [0.1, 0.15) is 79.8 Å². The van der Waals surface area contributed by atoms with Crippen LogP contribution in [0.3, 0.4) is 0 Å². The van der Waals surface area contributed by atoms with Gasteiger partial charge in [0.25, 0.3) is 0 Å². The maximum atomic E-state index is 13.3. The number of carbonyl (C=O) groups excluding carboxylic acids is 4. The Hall–Kier alpha value is -5.40. The molecule has 0 spiro atoms. The number of benzene rings is 2. The van der Waals surface area contributed by atoms with Crippen molar-refractivity contribution in [2.45, 2.75) is 103 Å². The van der Waals surface area contributed by atoms with Crippen LogP contribution < -0.4 is 14.2 Å². The fourth-order valence-electron chi connectivity index (χ4n) is 6.65. The Balaban J connectivity index is 0.000000336. The minimum atomic E-state index is -1.61. The smallest absolute Gasteiger partial charge is 0.342 e. The van der Waals surface area contributed by atoms with Crippen molar-refractivity contribution in [3.63, 3.8) is 0 Å². The van der Waals surface area contributed by atoms with Gasteiger partial charge in [0.05, 0.1) is 26.4 Å². The van der Waals surface area contributed by atoms with Gasteiger partial charge in [0.2, 0.25) is 0 Å². The van der Waals surface area contributed by atoms with E-state index in [2.05, 4.69) is 0 Å². The number of methoxy groups -OCH3 is 5. The van der Waals surface area contributed by atoms with Crippen molar-refractivity contribution < 1.29 is 81.9 Å². The molecule has 1 fully saturated rings. The molecule has 2 aromatic rings. The molecule has 3 aliphatic rings. The third-order valence-corrected chi connectivity index (χ3v) is 9.86. The number of hydrogen-bond acceptors (Lipinski definition) is 17. The molecule has 0 radical (unpaired) electrons. The molecule has 2 aromatic carbocycles. The molecule has 0 aromatic heterocycles. The third-order valence-electron chi connectivity index (χ3n) is 9.86. The van der Waals surface area contributed by atoms with Crippen LogP contribution in [0.2, 0.25) is 0 Å². The fourth-order valence-corrected chi connectivity index (χ4v) is 6.65. The largest absolute Gasteiger partial charge is 0.507 e. The van der Waals surface area contributed by atoms with Crippen molar-refractivity contribution in [1.82, 2.24) is 0 Å². The summed E-state index contributed by atoms with van der Waals surface area (Å²) >= 11 is 0. The van der Waals surface area contributed by atoms with E-state index in [1.807, 2.05) is 6.08 Å². The zero-order chi connectivity index (χ0) is 45.7. The van der Waals surface area contributed by atoms with E-state index in [0.717, 1.165) is 6.08 Å². The lowest BCUT2D eigenvalue weighted by molar-refractivity contribution is -0.152. The average Bonchev–Trinajstić information content (AvgIpc) is 3.55. The van der Waals surface area contributed by atoms with Gasteiger partial charge in [-0.1, -0.05) is 31.7 Å². The maximum Gasteiger partial charge on any atom is 0.342 e. The van der Waals surface area contributed by atoms with Crippen LogP contribution in [0.4, 0.5) is 0 Å². The molecule has 17 heteroatoms. The van der Waals surface area contributed by atoms with Crippen molar-refractivity contribution >= 4 is 35.7 Å². The molecule has 1 saturated heterocycles. The van der Waals surface area contributed by atoms with E-state index in [9.17, 15) is 34.5 Å². The highest BCUT2D eigenvalue weighted by Crippen LogP contribution is 2.35. The SMILES string of the molecule is C.COCOc1cc(OC)cc2c1C(=O)O[C@@H](C)[C@H](OC)/C=C\C(=O)[C@H]1OC(C)(C)O[C@H]1CC=C2.COc1cc(O)c2c(c1)C=CC[C@H](O)[C@H](O)C(=O)/C=C\[C@@H](OC)[C@H](C)OC2=O. The molecule has 3 N–H and O–H groups in total. The Bertz CT molecular complexity index is 2020. The highest BCUT2D eigenvalue weighted by molar-refractivity contribution is 5.98. The summed E-state index contributed by atoms with van der Waals surface area (Å²) in [5.74, 6) is -2.52. The number of carbonyl (C=O) groups is 4. The predicted octanol–water partition coefficient (Wildman–Crippen LogP) is 5.16. The molecule has 346 valence electrons. The number of cyclic esters (lactones) is 2. The number of phenolic OH excluding ortho intramolecular Hbond substituents is 1. The molecule has 3 heterocycles. The van der Waals surface area contributed by atoms with Gasteiger partial charge in [-0.2, -0.15) is 0 Å². The first-order chi connectivity index (χ1) is 29.5. The van der Waals surface area contributed by atoms with E-state index in [-0.39, 0.29) is 49.0 Å². The van der Waals surface area contributed by atoms with Gasteiger partial charge in [-0.25, -0.2) is 9.59 Å². The molecule has 5 rings (SSSR count). The van der Waals surface area contributed by atoms with Crippen molar-refractivity contribution in [3.8, 4) is 23.0 Å². The van der Waals surface area contributed by atoms with Crippen molar-refractivity contribution in [1.29, 1.82) is 0 Å². The molecule has 17 nitrogen and oxygen atoms in total. The second-order valence-electron chi connectivity index (χ2n) is 14.8. The van der Waals surface area contributed by atoms with E-state index in [1.165, 1.54) is 72.0 Å². The lowest BCUT2D eigenvalue weighted by Crippen LogP contribution is -2.33. The monoisotopic (exact) mass is 884 g/mol. The zero-order valence-electron chi connectivity index (χ0n) is 36.2. The number of phenols is 1. The van der Waals surface area contributed by atoms with E-state index in [4.69, 9.17) is 47.4 Å². The number of esters is 2. The average molecular weight is 885 g/mol. The molecule has 0 bridgehead atoms. The highest BCUT2D eigenvalue weighted by atomic mass is 16.8. The summed E-state index contributed by atoms with van der Waals surface area (Å²) in [6.45, 7) is 6.71. The lowest BCUT2D eigenvalue weighted by atomic mass is 10.0. The minimum Gasteiger partial charge on any atom is -0.507 e. The number of fused-ring (bicyclic) bond motifs is 3. The van der Waals surface area contributed by atoms with Crippen LogP contribution in [0.5, 0.6) is 23.0 Å². The number of ketones is 2. The number of aliphatic hydroxyl groups excluding tert-OH is 2. The van der Waals surface area contributed by atoms with Crippen molar-refractivity contribution in [2.24, 2.45) is 0 Å². The van der Waals surface area contributed by atoms with E-state index >= 15 is 0 Å². The molecule has 63 heavy (non-hydrogen) atoms. The third kappa shape index (κ3) is 13.8. The standard InChI is InChI=1S/C25H32O9.C20H24O8.CH4/c1-15-19(30-6)11-10-18(26)23-20(33-25(2,3)34-23)9-7-8-16-12-17(29-5)13-21(31-14-28-4)22(16)24(27)32-15;1-11-17(27-3)8-7-15(22)19(24)14(21)6-4-5-12-9-13(26-2)10-16(23)18(12)20(25)28-11;/h7-8,10-13,15,19-20,23H,9,14H2,1-6H3;4-5,7-11,14,17,19,21,23-24H,6H2,1-3H3;1H4/b8-7?,11-10-;5-4?,8-7-;/t15-,19+,20-,23+;11-,14-,17+,19-;/m00./s1. The maximum absolute atomic E-state index is 13.3. The molecule has 0 amide bonds. The van der Waals surface area contributed by atoms with Gasteiger partial charge >= 0.3 is 11.9 Å². The summed E-state index contributed by atoms with van der Waals surface area (Å²) in [7, 11) is 7.26. The van der Waals surface area contributed by atoms with Crippen molar-refractivity contribution in [3.05, 3.63) is 83.0 Å². The Morgan fingerprint density at radius 3 is 1.78 bits per heavy atom. The van der Waals surface area contributed by atoms with E-state index in [0.29, 0.717) is 29.0 Å². The Kier molecular flexibility index (Phi) is 19.7. The Morgan fingerprint density at radius 2 is 1.22 bits per heavy atom. The Morgan fingerprint density at radius 1 is 0.698 bits per heavy atom. The van der Waals surface area contributed by atoms with Crippen LogP contribution in [-0.4, -0.2) is 136 Å². The second-order valence-corrected chi connectivity index (χ2v) is 14.8. The van der Waals surface area contributed by atoms with E-state index < -0.39 is 72.3 Å². The Labute approximate surface area is 367 Å². The van der Waals surface area contributed by atoms with Crippen LogP contribution in [-0.2, 0) is 42.7 Å². The molecule has 0 unspecified atom stereocenters. The molecular formula is C46H60O17. The van der Waals surface area contributed by atoms with Crippen LogP contribution in [0.25, 0.3) is 12.2 Å². The first-order valence-electron chi connectivity index (χ1n) is 19.7. The number of ether oxygens (including phenoxy) is 10. The summed E-state index contributed by atoms with van der Waals surface area (Å²) in [6, 6.07) is 6.10. The van der Waals surface area contributed by atoms with Gasteiger partial charge in [-0.15, -0.1) is 0 Å². The molecule has 0 saturated carbocycles. The summed E-state index contributed by atoms with van der Waals surface area (Å²) in [5.41, 5.74) is 0.952. The van der Waals surface area contributed by atoms with Crippen molar-refractivity contribution in [2.75, 3.05) is 42.3 Å². The fraction of sp³-hybridized carbons (Fsp3) is 0.478.